The maximum atomic E-state index is 13.2. The Labute approximate surface area is 105 Å². The van der Waals surface area contributed by atoms with Gasteiger partial charge in [0, 0.05) is 10.0 Å². The van der Waals surface area contributed by atoms with Crippen molar-refractivity contribution in [3.63, 3.8) is 0 Å². The molecule has 0 spiro atoms. The number of hydrogen-bond acceptors (Lipinski definition) is 5. The van der Waals surface area contributed by atoms with E-state index < -0.39 is 11.9 Å². The average Bonchev–Trinajstić information content (AvgIpc) is 2.76. The van der Waals surface area contributed by atoms with Gasteiger partial charge in [0.1, 0.15) is 5.82 Å². The van der Waals surface area contributed by atoms with E-state index in [-0.39, 0.29) is 18.3 Å². The largest absolute Gasteiger partial charge is 0.394 e. The Morgan fingerprint density at radius 2 is 2.24 bits per heavy atom. The minimum atomic E-state index is -0.704. The molecule has 0 aliphatic carbocycles. The van der Waals surface area contributed by atoms with Crippen molar-refractivity contribution in [1.82, 2.24) is 10.1 Å². The number of nitrogens with zero attached hydrogens (tertiary/aromatic N) is 2. The summed E-state index contributed by atoms with van der Waals surface area (Å²) in [6.45, 7) is -0.286. The van der Waals surface area contributed by atoms with Gasteiger partial charge in [-0.25, -0.2) is 4.39 Å². The van der Waals surface area contributed by atoms with Gasteiger partial charge >= 0.3 is 0 Å². The second-order valence-electron chi connectivity index (χ2n) is 3.40. The molecule has 0 aliphatic rings. The second kappa shape index (κ2) is 4.91. The first-order valence-electron chi connectivity index (χ1n) is 4.76. The predicted octanol–water partition coefficient (Wildman–Crippen LogP) is 1.63. The highest BCUT2D eigenvalue weighted by molar-refractivity contribution is 9.10. The van der Waals surface area contributed by atoms with Crippen LogP contribution in [0.5, 0.6) is 0 Å². The van der Waals surface area contributed by atoms with E-state index in [1.165, 1.54) is 12.1 Å². The van der Waals surface area contributed by atoms with Crippen molar-refractivity contribution in [2.45, 2.75) is 6.04 Å². The van der Waals surface area contributed by atoms with Gasteiger partial charge in [-0.15, -0.1) is 0 Å². The molecule has 90 valence electrons. The second-order valence-corrected chi connectivity index (χ2v) is 4.32. The summed E-state index contributed by atoms with van der Waals surface area (Å²) in [5.41, 5.74) is 5.97. The molecule has 0 fully saturated rings. The van der Waals surface area contributed by atoms with E-state index in [9.17, 15) is 4.39 Å². The smallest absolute Gasteiger partial charge is 0.258 e. The van der Waals surface area contributed by atoms with Gasteiger partial charge in [0.25, 0.3) is 5.89 Å². The number of nitrogens with two attached hydrogens (primary N) is 1. The van der Waals surface area contributed by atoms with Crippen LogP contribution in [0.2, 0.25) is 0 Å². The van der Waals surface area contributed by atoms with E-state index in [4.69, 9.17) is 15.4 Å². The first-order valence-corrected chi connectivity index (χ1v) is 5.56. The van der Waals surface area contributed by atoms with Crippen molar-refractivity contribution < 1.29 is 14.0 Å². The van der Waals surface area contributed by atoms with Crippen LogP contribution in [0, 0.1) is 5.82 Å². The Bertz CT molecular complexity index is 512. The third-order valence-electron chi connectivity index (χ3n) is 2.08. The van der Waals surface area contributed by atoms with Crippen molar-refractivity contribution >= 4 is 15.9 Å². The standard InChI is InChI=1S/C10H9BrFN3O2/c11-6-1-5(2-7(12)3-6)10-14-9(15-17-10)8(13)4-16/h1-3,8,16H,4,13H2. The molecule has 2 aromatic rings. The number of halogens is 2. The third kappa shape index (κ3) is 2.68. The summed E-state index contributed by atoms with van der Waals surface area (Å²) in [5, 5.41) is 12.5. The number of benzene rings is 1. The van der Waals surface area contributed by atoms with Crippen LogP contribution in [-0.2, 0) is 0 Å². The van der Waals surface area contributed by atoms with E-state index in [0.717, 1.165) is 0 Å². The minimum absolute atomic E-state index is 0.157. The molecule has 3 N–H and O–H groups in total. The molecule has 5 nitrogen and oxygen atoms in total. The topological polar surface area (TPSA) is 85.2 Å². The van der Waals surface area contributed by atoms with Crippen LogP contribution < -0.4 is 5.73 Å². The van der Waals surface area contributed by atoms with Gasteiger partial charge in [-0.2, -0.15) is 4.98 Å². The van der Waals surface area contributed by atoms with Crippen molar-refractivity contribution in [3.8, 4) is 11.5 Å². The average molecular weight is 302 g/mol. The van der Waals surface area contributed by atoms with E-state index in [0.29, 0.717) is 10.0 Å². The fourth-order valence-electron chi connectivity index (χ4n) is 1.26. The summed E-state index contributed by atoms with van der Waals surface area (Å²) in [5.74, 6) is -0.0763. The van der Waals surface area contributed by atoms with Crippen LogP contribution >= 0.6 is 15.9 Å². The highest BCUT2D eigenvalue weighted by atomic mass is 79.9. The number of aliphatic hydroxyl groups is 1. The van der Waals surface area contributed by atoms with Gasteiger partial charge in [0.15, 0.2) is 5.82 Å². The summed E-state index contributed by atoms with van der Waals surface area (Å²) in [6, 6.07) is 3.53. The lowest BCUT2D eigenvalue weighted by Crippen LogP contribution is -2.15. The summed E-state index contributed by atoms with van der Waals surface area (Å²) >= 11 is 3.17. The molecule has 1 unspecified atom stereocenters. The molecule has 1 aromatic heterocycles. The Morgan fingerprint density at radius 3 is 2.88 bits per heavy atom. The normalized spacial score (nSPS) is 12.7. The highest BCUT2D eigenvalue weighted by Gasteiger charge is 2.15. The van der Waals surface area contributed by atoms with Crippen LogP contribution in [0.25, 0.3) is 11.5 Å². The zero-order valence-corrected chi connectivity index (χ0v) is 10.2. The summed E-state index contributed by atoms with van der Waals surface area (Å²) in [6.07, 6.45) is 0. The van der Waals surface area contributed by atoms with Gasteiger partial charge in [0.05, 0.1) is 12.6 Å². The molecule has 7 heteroatoms. The maximum Gasteiger partial charge on any atom is 0.258 e. The van der Waals surface area contributed by atoms with Crippen LogP contribution in [0.1, 0.15) is 11.9 Å². The van der Waals surface area contributed by atoms with Crippen LogP contribution in [0.15, 0.2) is 27.2 Å². The molecule has 0 aliphatic heterocycles. The van der Waals surface area contributed by atoms with Crippen molar-refractivity contribution in [1.29, 1.82) is 0 Å². The zero-order valence-electron chi connectivity index (χ0n) is 8.60. The molecule has 1 atom stereocenters. The summed E-state index contributed by atoms with van der Waals surface area (Å²) in [7, 11) is 0. The molecular weight excluding hydrogens is 293 g/mol. The van der Waals surface area contributed by atoms with Crippen molar-refractivity contribution in [3.05, 3.63) is 34.3 Å². The quantitative estimate of drug-likeness (QED) is 0.900. The Kier molecular flexibility index (Phi) is 3.51. The molecule has 17 heavy (non-hydrogen) atoms. The van der Waals surface area contributed by atoms with Gasteiger partial charge in [0.2, 0.25) is 0 Å². The number of aliphatic hydroxyl groups excluding tert-OH is 1. The van der Waals surface area contributed by atoms with Gasteiger partial charge in [-0.1, -0.05) is 21.1 Å². The molecule has 0 bridgehead atoms. The van der Waals surface area contributed by atoms with E-state index >= 15 is 0 Å². The van der Waals surface area contributed by atoms with Gasteiger partial charge < -0.3 is 15.4 Å². The van der Waals surface area contributed by atoms with Crippen molar-refractivity contribution in [2.24, 2.45) is 5.73 Å². The lowest BCUT2D eigenvalue weighted by Gasteiger charge is -1.99. The molecule has 0 saturated carbocycles. The summed E-state index contributed by atoms with van der Waals surface area (Å²) in [4.78, 5) is 3.98. The molecule has 2 rings (SSSR count). The lowest BCUT2D eigenvalue weighted by atomic mass is 10.2. The van der Waals surface area contributed by atoms with Crippen molar-refractivity contribution in [2.75, 3.05) is 6.61 Å². The monoisotopic (exact) mass is 301 g/mol. The molecule has 0 amide bonds. The summed E-state index contributed by atoms with van der Waals surface area (Å²) < 4.78 is 18.7. The predicted molar refractivity (Wildman–Crippen MR) is 61.4 cm³/mol. The molecule has 1 heterocycles. The Morgan fingerprint density at radius 1 is 1.47 bits per heavy atom. The number of rotatable bonds is 3. The van der Waals surface area contributed by atoms with Crippen LogP contribution in [-0.4, -0.2) is 21.9 Å². The first kappa shape index (κ1) is 12.2. The molecule has 0 radical (unpaired) electrons. The maximum absolute atomic E-state index is 13.2. The molecule has 1 aromatic carbocycles. The minimum Gasteiger partial charge on any atom is -0.394 e. The zero-order chi connectivity index (χ0) is 12.4. The number of hydrogen-bond donors (Lipinski definition) is 2. The molecule has 0 saturated heterocycles. The fraction of sp³-hybridized carbons (Fsp3) is 0.200. The van der Waals surface area contributed by atoms with Crippen LogP contribution in [0.4, 0.5) is 4.39 Å². The van der Waals surface area contributed by atoms with E-state index in [1.54, 1.807) is 6.07 Å². The van der Waals surface area contributed by atoms with Gasteiger partial charge in [-0.05, 0) is 18.2 Å². The first-order chi connectivity index (χ1) is 8.10. The molecular formula is C10H9BrFN3O2. The van der Waals surface area contributed by atoms with Crippen LogP contribution in [0.3, 0.4) is 0 Å². The Hall–Kier alpha value is -1.31. The van der Waals surface area contributed by atoms with Gasteiger partial charge in [-0.3, -0.25) is 0 Å². The fourth-order valence-corrected chi connectivity index (χ4v) is 1.73. The highest BCUT2D eigenvalue weighted by Crippen LogP contribution is 2.23. The third-order valence-corrected chi connectivity index (χ3v) is 2.54. The SMILES string of the molecule is NC(CO)c1noc(-c2cc(F)cc(Br)c2)n1. The lowest BCUT2D eigenvalue weighted by molar-refractivity contribution is 0.260. The van der Waals surface area contributed by atoms with E-state index in [1.807, 2.05) is 0 Å². The number of aromatic nitrogens is 2. The Balaban J connectivity index is 2.36. The van der Waals surface area contributed by atoms with E-state index in [2.05, 4.69) is 26.1 Å².